The van der Waals surface area contributed by atoms with Crippen LogP contribution in [0.3, 0.4) is 0 Å². The zero-order valence-corrected chi connectivity index (χ0v) is 70.3. The van der Waals surface area contributed by atoms with Gasteiger partial charge in [0.05, 0.1) is 25.7 Å². The number of nitrogens with one attached hydrogen (secondary N) is 3. The Balaban J connectivity index is 1.80. The molecule has 0 saturated carbocycles. The van der Waals surface area contributed by atoms with Crippen molar-refractivity contribution in [2.75, 3.05) is 67.2 Å². The fourth-order valence-electron chi connectivity index (χ4n) is 11.1. The van der Waals surface area contributed by atoms with Crippen LogP contribution in [0.25, 0.3) is 0 Å². The highest BCUT2D eigenvalue weighted by Gasteiger charge is 2.50. The average molecular weight is 1470 g/mol. The highest BCUT2D eigenvalue weighted by Crippen LogP contribution is 2.31. The van der Waals surface area contributed by atoms with E-state index in [9.17, 15) is 34.8 Å². The van der Waals surface area contributed by atoms with Gasteiger partial charge >= 0.3 is 86.7 Å². The lowest BCUT2D eigenvalue weighted by Gasteiger charge is -2.43. The molecule has 3 aromatic carbocycles. The quantitative estimate of drug-likeness (QED) is 0.0264. The van der Waals surface area contributed by atoms with E-state index in [-0.39, 0.29) is 51.2 Å². The first kappa shape index (κ1) is 81.7. The van der Waals surface area contributed by atoms with Gasteiger partial charge in [-0.2, -0.15) is 0 Å². The van der Waals surface area contributed by atoms with Gasteiger partial charge in [0.2, 0.25) is 33.3 Å². The van der Waals surface area contributed by atoms with Gasteiger partial charge in [-0.3, -0.25) is 10.6 Å². The van der Waals surface area contributed by atoms with Crippen molar-refractivity contribution in [3.8, 4) is 0 Å². The van der Waals surface area contributed by atoms with Crippen LogP contribution in [0.15, 0.2) is 66.7 Å². The van der Waals surface area contributed by atoms with Crippen LogP contribution < -0.4 is 16.0 Å². The minimum atomic E-state index is -2.88. The van der Waals surface area contributed by atoms with Gasteiger partial charge in [-0.1, -0.05) is 30.3 Å². The van der Waals surface area contributed by atoms with Crippen molar-refractivity contribution in [3.05, 3.63) is 89.0 Å². The van der Waals surface area contributed by atoms with Crippen LogP contribution in [-0.2, 0) is 63.5 Å². The van der Waals surface area contributed by atoms with E-state index in [1.807, 2.05) is 212 Å². The van der Waals surface area contributed by atoms with Crippen LogP contribution >= 0.6 is 0 Å². The van der Waals surface area contributed by atoms with Crippen LogP contribution in [0.5, 0.6) is 0 Å². The van der Waals surface area contributed by atoms with Gasteiger partial charge in [0.1, 0.15) is 12.5 Å². The fraction of sp³-hybridized carbons (Fsp3) is 0.618. The van der Waals surface area contributed by atoms with Crippen LogP contribution in [0, 0.1) is 0 Å². The number of aliphatic hydroxyl groups is 4. The summed E-state index contributed by atoms with van der Waals surface area (Å²) >= 11 is 0. The van der Waals surface area contributed by atoms with Gasteiger partial charge in [-0.05, 0) is 229 Å². The van der Waals surface area contributed by atoms with E-state index < -0.39 is 120 Å². The van der Waals surface area contributed by atoms with Gasteiger partial charge in [-0.15, -0.1) is 0 Å². The minimum Gasteiger partial charge on any atom is -0.450 e. The lowest BCUT2D eigenvalue weighted by atomic mass is 9.98. The standard InChI is InChI=1S/C55H110N4O19Si12/c1-79(2,42-62)69-83(9,10)73-87(17,18)77-89(21,22)75-85(13,14)71-81(5,6)44-67-54(65)57-51-30-26-28-47(39-51)36-49-37-48(35-46-27-25-29-50(38-46)56-53(64)59(31-33-60)32-34-61)40-52(41-49)58-55(66)68-45-82(7,8)72-86(15,16)76-90(23,24)78-88(19,20)74-84(11,12)70-80(3,4)43-63/h25-30,37-41,60-63H,31-36,42-45H2,1-24H3,(H,56,64)(H,57,65)(H,58,66). The molecule has 0 atom stereocenters. The number of aliphatic hydroxyl groups excluding tert-OH is 4. The fourth-order valence-corrected chi connectivity index (χ4v) is 67.1. The Morgan fingerprint density at radius 2 is 0.633 bits per heavy atom. The second kappa shape index (κ2) is 33.0. The second-order valence-corrected chi connectivity index (χ2v) is 74.5. The average Bonchev–Trinajstić information content (AvgIpc) is 0.954. The molecule has 35 heteroatoms. The predicted octanol–water partition coefficient (Wildman–Crippen LogP) is 11.5. The number of hydrogen-bond donors (Lipinski definition) is 7. The summed E-state index contributed by atoms with van der Waals surface area (Å²) in [7, 11) is -32.2. The molecule has 0 spiro atoms. The molecule has 3 aromatic rings. The Morgan fingerprint density at radius 3 is 0.944 bits per heavy atom. The molecule has 0 saturated heterocycles. The topological polar surface area (TPSA) is 282 Å². The first-order valence-corrected chi connectivity index (χ1v) is 65.5. The van der Waals surface area contributed by atoms with Gasteiger partial charge in [0.25, 0.3) is 0 Å². The zero-order chi connectivity index (χ0) is 68.8. The van der Waals surface area contributed by atoms with Crippen molar-refractivity contribution in [1.82, 2.24) is 4.90 Å². The molecule has 0 fully saturated rings. The molecule has 0 radical (unpaired) electrons. The molecule has 4 amide bonds. The van der Waals surface area contributed by atoms with Gasteiger partial charge in [0, 0.05) is 30.2 Å². The Hall–Kier alpha value is -2.49. The highest BCUT2D eigenvalue weighted by molar-refractivity contribution is 6.93. The highest BCUT2D eigenvalue weighted by atomic mass is 28.5. The molecule has 512 valence electrons. The lowest BCUT2D eigenvalue weighted by Crippen LogP contribution is -2.60. The Kier molecular flexibility index (Phi) is 29.9. The lowest BCUT2D eigenvalue weighted by molar-refractivity contribution is 0.167. The zero-order valence-electron chi connectivity index (χ0n) is 58.3. The Labute approximate surface area is 550 Å². The van der Waals surface area contributed by atoms with E-state index in [1.165, 1.54) is 4.90 Å². The van der Waals surface area contributed by atoms with Crippen LogP contribution in [0.2, 0.25) is 157 Å². The minimum absolute atomic E-state index is 0.000237. The summed E-state index contributed by atoms with van der Waals surface area (Å²) in [6, 6.07) is 20.1. The van der Waals surface area contributed by atoms with Crippen LogP contribution in [-0.4, -0.2) is 197 Å². The van der Waals surface area contributed by atoms with Crippen molar-refractivity contribution in [2.24, 2.45) is 0 Å². The van der Waals surface area contributed by atoms with E-state index in [4.69, 9.17) is 50.6 Å². The number of hydrogen-bond acceptors (Lipinski definition) is 19. The first-order chi connectivity index (χ1) is 40.8. The Morgan fingerprint density at radius 1 is 0.356 bits per heavy atom. The molecule has 0 unspecified atom stereocenters. The maximum Gasteiger partial charge on any atom is 0.411 e. The maximum atomic E-state index is 13.8. The number of rotatable bonds is 37. The van der Waals surface area contributed by atoms with E-state index >= 15 is 0 Å². The van der Waals surface area contributed by atoms with Crippen LogP contribution in [0.4, 0.5) is 31.4 Å². The smallest absolute Gasteiger partial charge is 0.411 e. The molecule has 0 aliphatic rings. The molecular weight excluding hydrogens is 1360 g/mol. The number of ether oxygens (including phenoxy) is 2. The van der Waals surface area contributed by atoms with Crippen molar-refractivity contribution >= 4 is 137 Å². The third-order valence-electron chi connectivity index (χ3n) is 12.4. The summed E-state index contributed by atoms with van der Waals surface area (Å²) in [5.41, 5.74) is 4.92. The molecule has 90 heavy (non-hydrogen) atoms. The third kappa shape index (κ3) is 32.3. The molecule has 0 bridgehead atoms. The summed E-state index contributed by atoms with van der Waals surface area (Å²) in [5.74, 6) is 0. The van der Waals surface area contributed by atoms with Crippen molar-refractivity contribution in [2.45, 2.75) is 170 Å². The van der Waals surface area contributed by atoms with E-state index in [2.05, 4.69) is 16.0 Å². The molecule has 23 nitrogen and oxygen atoms in total. The van der Waals surface area contributed by atoms with Gasteiger partial charge in [-0.25, -0.2) is 14.4 Å². The van der Waals surface area contributed by atoms with Gasteiger partial charge in [0.15, 0.2) is 0 Å². The molecule has 3 rings (SSSR count). The van der Waals surface area contributed by atoms with Crippen LogP contribution in [0.1, 0.15) is 22.3 Å². The summed E-state index contributed by atoms with van der Waals surface area (Å²) in [4.78, 5) is 41.7. The third-order valence-corrected chi connectivity index (χ3v) is 55.9. The summed E-state index contributed by atoms with van der Waals surface area (Å²) < 4.78 is 77.9. The molecule has 0 aromatic heterocycles. The summed E-state index contributed by atoms with van der Waals surface area (Å²) in [5, 5.41) is 47.5. The molecule has 7 N–H and O–H groups in total. The SMILES string of the molecule is C[Si](C)(CO)O[Si](C)(C)O[Si](C)(C)O[Si](C)(C)O[Si](C)(C)O[Si](C)(C)COC(=O)Nc1cccc(Cc2cc(Cc3cccc(NC(=O)N(CCO)CCO)c3)cc(NC(=O)OC[Si](C)(C)O[Si](C)(C)O[Si](C)(C)O[Si](C)(C)O[Si](C)(C)O[Si](C)(C)CO)c2)c1. The number of anilines is 3. The number of urea groups is 1. The van der Waals surface area contributed by atoms with E-state index in [1.54, 1.807) is 12.1 Å². The number of amides is 4. The number of nitrogens with zero attached hydrogens (tertiary/aromatic N) is 1. The largest absolute Gasteiger partial charge is 0.450 e. The monoisotopic (exact) mass is 1470 g/mol. The Bertz CT molecular complexity index is 2830. The molecule has 0 heterocycles. The maximum absolute atomic E-state index is 13.8. The number of benzene rings is 3. The number of carbonyl (C=O) groups excluding carboxylic acids is 3. The van der Waals surface area contributed by atoms with Crippen molar-refractivity contribution in [3.63, 3.8) is 0 Å². The predicted molar refractivity (Wildman–Crippen MR) is 384 cm³/mol. The normalized spacial score (nSPS) is 13.7. The van der Waals surface area contributed by atoms with E-state index in [0.717, 1.165) is 22.3 Å². The second-order valence-electron chi connectivity index (χ2n) is 28.6. The molecule has 0 aliphatic heterocycles. The first-order valence-electron chi connectivity index (χ1n) is 30.5. The van der Waals surface area contributed by atoms with E-state index in [0.29, 0.717) is 29.9 Å². The summed E-state index contributed by atoms with van der Waals surface area (Å²) in [6.45, 7) is 47.0. The number of carbonyl (C=O) groups is 3. The van der Waals surface area contributed by atoms with Gasteiger partial charge < -0.3 is 81.3 Å². The summed E-state index contributed by atoms with van der Waals surface area (Å²) in [6.07, 6.45) is -0.405. The van der Waals surface area contributed by atoms with Crippen molar-refractivity contribution < 1.29 is 85.4 Å². The molecule has 0 aliphatic carbocycles. The molecular formula is C55H110N4O19Si12. The van der Waals surface area contributed by atoms with Crippen molar-refractivity contribution in [1.29, 1.82) is 0 Å².